The van der Waals surface area contributed by atoms with Gasteiger partial charge in [0.1, 0.15) is 22.7 Å². The van der Waals surface area contributed by atoms with Gasteiger partial charge in [0.15, 0.2) is 0 Å². The Morgan fingerprint density at radius 2 is 1.20 bits per heavy atom. The normalized spacial score (nSPS) is 13.9. The minimum absolute atomic E-state index is 0.217. The zero-order valence-electron chi connectivity index (χ0n) is 19.7. The van der Waals surface area contributed by atoms with E-state index in [4.69, 9.17) is 9.15 Å². The fourth-order valence-electron chi connectivity index (χ4n) is 5.43. The minimum atomic E-state index is -0.217. The second kappa shape index (κ2) is 7.35. The van der Waals surface area contributed by atoms with Crippen molar-refractivity contribution < 1.29 is 9.15 Å². The maximum absolute atomic E-state index is 6.41. The topological polar surface area (TPSA) is 22.4 Å². The van der Waals surface area contributed by atoms with Gasteiger partial charge in [0.2, 0.25) is 0 Å². The Morgan fingerprint density at radius 1 is 0.543 bits per heavy atom. The highest BCUT2D eigenvalue weighted by Gasteiger charge is 2.35. The second-order valence-corrected chi connectivity index (χ2v) is 9.80. The van der Waals surface area contributed by atoms with Gasteiger partial charge in [-0.2, -0.15) is 0 Å². The number of hydrogen-bond acceptors (Lipinski definition) is 2. The molecule has 35 heavy (non-hydrogen) atoms. The van der Waals surface area contributed by atoms with Crippen LogP contribution in [-0.4, -0.2) is 0 Å². The van der Waals surface area contributed by atoms with Crippen LogP contribution in [0.2, 0.25) is 0 Å². The van der Waals surface area contributed by atoms with Gasteiger partial charge in [-0.3, -0.25) is 0 Å². The lowest BCUT2D eigenvalue weighted by Crippen LogP contribution is -2.24. The fraction of sp³-hybridized carbons (Fsp3) is 0.0909. The van der Waals surface area contributed by atoms with Crippen LogP contribution in [0.1, 0.15) is 25.0 Å². The Balaban J connectivity index is 1.38. The third kappa shape index (κ3) is 3.03. The molecule has 2 nitrogen and oxygen atoms in total. The summed E-state index contributed by atoms with van der Waals surface area (Å²) < 4.78 is 12.7. The van der Waals surface area contributed by atoms with Crippen LogP contribution in [0.15, 0.2) is 114 Å². The quantitative estimate of drug-likeness (QED) is 0.261. The van der Waals surface area contributed by atoms with Crippen LogP contribution in [0, 0.1) is 0 Å². The predicted octanol–water partition coefficient (Wildman–Crippen LogP) is 9.35. The van der Waals surface area contributed by atoms with E-state index >= 15 is 0 Å². The Bertz CT molecular complexity index is 1740. The molecule has 168 valence electrons. The van der Waals surface area contributed by atoms with E-state index in [0.717, 1.165) is 44.6 Å². The van der Waals surface area contributed by atoms with Crippen molar-refractivity contribution in [3.63, 3.8) is 0 Å². The highest BCUT2D eigenvalue weighted by molar-refractivity contribution is 6.09. The summed E-state index contributed by atoms with van der Waals surface area (Å²) in [6.45, 7) is 4.57. The van der Waals surface area contributed by atoms with Crippen molar-refractivity contribution in [2.75, 3.05) is 0 Å². The van der Waals surface area contributed by atoms with Crippen LogP contribution in [0.3, 0.4) is 0 Å². The third-order valence-electron chi connectivity index (χ3n) is 7.35. The van der Waals surface area contributed by atoms with Crippen molar-refractivity contribution >= 4 is 21.9 Å². The summed E-state index contributed by atoms with van der Waals surface area (Å²) in [7, 11) is 0. The summed E-state index contributed by atoms with van der Waals surface area (Å²) in [6.07, 6.45) is 0. The van der Waals surface area contributed by atoms with Gasteiger partial charge in [0, 0.05) is 32.9 Å². The number of benzene rings is 5. The molecule has 2 heteroatoms. The van der Waals surface area contributed by atoms with Crippen molar-refractivity contribution in [1.82, 2.24) is 0 Å². The molecular weight excluding hydrogens is 428 g/mol. The van der Waals surface area contributed by atoms with Crippen molar-refractivity contribution in [3.05, 3.63) is 120 Å². The molecule has 0 amide bonds. The highest BCUT2D eigenvalue weighted by Crippen LogP contribution is 2.50. The predicted molar refractivity (Wildman–Crippen MR) is 143 cm³/mol. The van der Waals surface area contributed by atoms with Gasteiger partial charge in [-0.15, -0.1) is 0 Å². The molecule has 2 heterocycles. The molecule has 0 atom stereocenters. The Morgan fingerprint density at radius 3 is 2.00 bits per heavy atom. The zero-order chi connectivity index (χ0) is 23.6. The number of hydrogen-bond donors (Lipinski definition) is 0. The van der Waals surface area contributed by atoms with Gasteiger partial charge >= 0.3 is 0 Å². The van der Waals surface area contributed by atoms with E-state index in [1.165, 1.54) is 22.3 Å². The standard InChI is InChI=1S/C33H24O2/c1-33(2)27-19-22(21-9-4-3-5-10-21)15-17-30(27)34-31-18-16-23(20-28(31)33)24-12-8-13-26-25-11-6-7-14-29(25)35-32(24)26/h3-20H,1-2H3. The summed E-state index contributed by atoms with van der Waals surface area (Å²) in [4.78, 5) is 0. The first-order chi connectivity index (χ1) is 17.1. The van der Waals surface area contributed by atoms with Crippen molar-refractivity contribution in [1.29, 1.82) is 0 Å². The van der Waals surface area contributed by atoms with E-state index < -0.39 is 0 Å². The van der Waals surface area contributed by atoms with E-state index in [0.29, 0.717) is 0 Å². The zero-order valence-corrected chi connectivity index (χ0v) is 19.7. The molecule has 0 radical (unpaired) electrons. The van der Waals surface area contributed by atoms with Gasteiger partial charge in [-0.1, -0.05) is 92.7 Å². The first-order valence-electron chi connectivity index (χ1n) is 12.0. The van der Waals surface area contributed by atoms with Crippen molar-refractivity contribution in [2.24, 2.45) is 0 Å². The molecule has 0 aliphatic carbocycles. The first kappa shape index (κ1) is 20.1. The third-order valence-corrected chi connectivity index (χ3v) is 7.35. The maximum atomic E-state index is 6.41. The summed E-state index contributed by atoms with van der Waals surface area (Å²) in [5.74, 6) is 1.84. The van der Waals surface area contributed by atoms with E-state index in [1.54, 1.807) is 0 Å². The molecule has 0 unspecified atom stereocenters. The average molecular weight is 453 g/mol. The molecule has 0 saturated carbocycles. The average Bonchev–Trinajstić information content (AvgIpc) is 3.28. The molecular formula is C33H24O2. The van der Waals surface area contributed by atoms with Gasteiger partial charge in [-0.25, -0.2) is 0 Å². The fourth-order valence-corrected chi connectivity index (χ4v) is 5.43. The van der Waals surface area contributed by atoms with Gasteiger partial charge in [0.25, 0.3) is 0 Å². The van der Waals surface area contributed by atoms with Crippen LogP contribution < -0.4 is 4.74 Å². The van der Waals surface area contributed by atoms with E-state index in [2.05, 4.69) is 111 Å². The lowest BCUT2D eigenvalue weighted by molar-refractivity contribution is 0.418. The monoisotopic (exact) mass is 452 g/mol. The summed E-state index contributed by atoms with van der Waals surface area (Å²) >= 11 is 0. The molecule has 5 aromatic carbocycles. The Kier molecular flexibility index (Phi) is 4.22. The van der Waals surface area contributed by atoms with Crippen LogP contribution in [0.5, 0.6) is 11.5 Å². The molecule has 0 fully saturated rings. The van der Waals surface area contributed by atoms with E-state index in [-0.39, 0.29) is 5.41 Å². The van der Waals surface area contributed by atoms with Crippen LogP contribution in [-0.2, 0) is 5.41 Å². The molecule has 0 bridgehead atoms. The largest absolute Gasteiger partial charge is 0.457 e. The molecule has 7 rings (SSSR count). The molecule has 1 aromatic heterocycles. The molecule has 0 saturated heterocycles. The maximum Gasteiger partial charge on any atom is 0.143 e. The van der Waals surface area contributed by atoms with Crippen molar-refractivity contribution in [3.8, 4) is 33.8 Å². The summed E-state index contributed by atoms with van der Waals surface area (Å²) in [5, 5.41) is 2.29. The molecule has 1 aliphatic heterocycles. The van der Waals surface area contributed by atoms with Crippen molar-refractivity contribution in [2.45, 2.75) is 19.3 Å². The van der Waals surface area contributed by atoms with E-state index in [9.17, 15) is 0 Å². The van der Waals surface area contributed by atoms with Gasteiger partial charge in [0.05, 0.1) is 0 Å². The second-order valence-electron chi connectivity index (χ2n) is 9.80. The number of ether oxygens (including phenoxy) is 1. The lowest BCUT2D eigenvalue weighted by atomic mass is 9.74. The van der Waals surface area contributed by atoms with Crippen LogP contribution in [0.25, 0.3) is 44.2 Å². The number of fused-ring (bicyclic) bond motifs is 5. The van der Waals surface area contributed by atoms with Crippen LogP contribution in [0.4, 0.5) is 0 Å². The summed E-state index contributed by atoms with van der Waals surface area (Å²) in [6, 6.07) is 38.2. The number of furan rings is 1. The Labute approximate surface area is 204 Å². The lowest BCUT2D eigenvalue weighted by Gasteiger charge is -2.35. The highest BCUT2D eigenvalue weighted by atomic mass is 16.5. The Hall–Kier alpha value is -4.30. The van der Waals surface area contributed by atoms with Gasteiger partial charge in [-0.05, 0) is 47.0 Å². The SMILES string of the molecule is CC1(C)c2cc(-c3ccccc3)ccc2Oc2ccc(-c3cccc4c3oc3ccccc34)cc21. The number of para-hydroxylation sites is 2. The molecule has 6 aromatic rings. The number of rotatable bonds is 2. The van der Waals surface area contributed by atoms with Gasteiger partial charge < -0.3 is 9.15 Å². The van der Waals surface area contributed by atoms with E-state index in [1.807, 2.05) is 12.1 Å². The summed E-state index contributed by atoms with van der Waals surface area (Å²) in [5.41, 5.74) is 8.65. The smallest absolute Gasteiger partial charge is 0.143 e. The first-order valence-corrected chi connectivity index (χ1v) is 12.0. The molecule has 0 spiro atoms. The molecule has 1 aliphatic rings. The minimum Gasteiger partial charge on any atom is -0.457 e. The molecule has 0 N–H and O–H groups in total. The van der Waals surface area contributed by atoms with Crippen LogP contribution >= 0.6 is 0 Å².